The maximum atomic E-state index is 12.4. The number of alkyl halides is 1. The summed E-state index contributed by atoms with van der Waals surface area (Å²) in [5.74, 6) is 0.0804. The number of hydrogen-bond donors (Lipinski definition) is 0. The van der Waals surface area contributed by atoms with Gasteiger partial charge in [-0.2, -0.15) is 0 Å². The summed E-state index contributed by atoms with van der Waals surface area (Å²) in [5, 5.41) is 0. The van der Waals surface area contributed by atoms with Crippen LogP contribution in [-0.4, -0.2) is 36.8 Å². The number of halogens is 1. The smallest absolute Gasteiger partial charge is 0.252 e. The fraction of sp³-hybridized carbons (Fsp3) is 0.529. The normalized spacial score (nSPS) is 15.3. The Bertz CT molecular complexity index is 559. The zero-order valence-corrected chi connectivity index (χ0v) is 14.7. The second-order valence-corrected chi connectivity index (χ2v) is 6.65. The van der Waals surface area contributed by atoms with E-state index in [4.69, 9.17) is 4.74 Å². The SMILES string of the molecule is CCCC(Br)C(=O)c1ccc2c(c1)CCCN2C(=O)COC. The highest BCUT2D eigenvalue weighted by molar-refractivity contribution is 9.10. The number of carbonyl (C=O) groups is 2. The molecule has 1 amide bonds. The van der Waals surface area contributed by atoms with E-state index in [0.29, 0.717) is 6.54 Å². The third kappa shape index (κ3) is 3.76. The number of fused-ring (bicyclic) bond motifs is 1. The summed E-state index contributed by atoms with van der Waals surface area (Å²) in [6.45, 7) is 2.85. The van der Waals surface area contributed by atoms with Crippen LogP contribution in [0.3, 0.4) is 0 Å². The summed E-state index contributed by atoms with van der Waals surface area (Å²) in [6, 6.07) is 5.65. The van der Waals surface area contributed by atoms with Gasteiger partial charge >= 0.3 is 0 Å². The van der Waals surface area contributed by atoms with Crippen LogP contribution in [-0.2, 0) is 16.0 Å². The van der Waals surface area contributed by atoms with Gasteiger partial charge in [-0.05, 0) is 43.0 Å². The third-order valence-electron chi connectivity index (χ3n) is 3.88. The first-order valence-electron chi connectivity index (χ1n) is 7.69. The molecule has 0 saturated heterocycles. The molecule has 1 aromatic rings. The topological polar surface area (TPSA) is 46.6 Å². The first-order chi connectivity index (χ1) is 10.6. The van der Waals surface area contributed by atoms with Crippen molar-refractivity contribution < 1.29 is 14.3 Å². The molecule has 1 aliphatic rings. The van der Waals surface area contributed by atoms with E-state index in [0.717, 1.165) is 42.5 Å². The summed E-state index contributed by atoms with van der Waals surface area (Å²) in [4.78, 5) is 26.1. The quantitative estimate of drug-likeness (QED) is 0.572. The number of methoxy groups -OCH3 is 1. The summed E-state index contributed by atoms with van der Waals surface area (Å²) < 4.78 is 4.94. The standard InChI is InChI=1S/C17H22BrNO3/c1-3-5-14(18)17(21)13-7-8-15-12(10-13)6-4-9-19(15)16(20)11-22-2/h7-8,10,14H,3-6,9,11H2,1-2H3. The molecule has 0 spiro atoms. The number of hydrogen-bond acceptors (Lipinski definition) is 3. The highest BCUT2D eigenvalue weighted by atomic mass is 79.9. The number of ketones is 1. The fourth-order valence-corrected chi connectivity index (χ4v) is 3.50. The van der Waals surface area contributed by atoms with Crippen LogP contribution in [0.4, 0.5) is 5.69 Å². The zero-order valence-electron chi connectivity index (χ0n) is 13.1. The molecule has 1 aromatic carbocycles. The van der Waals surface area contributed by atoms with Crippen molar-refractivity contribution >= 4 is 33.3 Å². The predicted molar refractivity (Wildman–Crippen MR) is 90.9 cm³/mol. The molecule has 1 unspecified atom stereocenters. The van der Waals surface area contributed by atoms with Crippen molar-refractivity contribution in [2.45, 2.75) is 37.4 Å². The van der Waals surface area contributed by atoms with Gasteiger partial charge in [0, 0.05) is 24.9 Å². The molecule has 1 heterocycles. The summed E-state index contributed by atoms with van der Waals surface area (Å²) in [5.41, 5.74) is 2.69. The summed E-state index contributed by atoms with van der Waals surface area (Å²) >= 11 is 3.46. The number of rotatable bonds is 6. The van der Waals surface area contributed by atoms with E-state index >= 15 is 0 Å². The van der Waals surface area contributed by atoms with Crippen molar-refractivity contribution in [2.75, 3.05) is 25.2 Å². The number of carbonyl (C=O) groups excluding carboxylic acids is 2. The number of Topliss-reactive ketones (excluding diaryl/α,β-unsaturated/α-hetero) is 1. The van der Waals surface area contributed by atoms with Crippen LogP contribution in [0, 0.1) is 0 Å². The van der Waals surface area contributed by atoms with Gasteiger partial charge in [0.1, 0.15) is 6.61 Å². The maximum absolute atomic E-state index is 12.4. The number of amides is 1. The molecule has 4 nitrogen and oxygen atoms in total. The Hall–Kier alpha value is -1.20. The molecule has 0 saturated carbocycles. The number of ether oxygens (including phenoxy) is 1. The second-order valence-electron chi connectivity index (χ2n) is 5.55. The first-order valence-corrected chi connectivity index (χ1v) is 8.60. The third-order valence-corrected chi connectivity index (χ3v) is 4.75. The van der Waals surface area contributed by atoms with Crippen LogP contribution >= 0.6 is 15.9 Å². The van der Waals surface area contributed by atoms with Gasteiger partial charge in [-0.15, -0.1) is 0 Å². The molecular formula is C17H22BrNO3. The van der Waals surface area contributed by atoms with E-state index in [9.17, 15) is 9.59 Å². The van der Waals surface area contributed by atoms with Gasteiger partial charge in [-0.25, -0.2) is 0 Å². The van der Waals surface area contributed by atoms with Crippen LogP contribution in [0.5, 0.6) is 0 Å². The molecule has 2 rings (SSSR count). The van der Waals surface area contributed by atoms with E-state index < -0.39 is 0 Å². The van der Waals surface area contributed by atoms with Crippen LogP contribution < -0.4 is 4.90 Å². The van der Waals surface area contributed by atoms with Gasteiger partial charge in [-0.1, -0.05) is 29.3 Å². The predicted octanol–water partition coefficient (Wildman–Crippen LogP) is 3.36. The number of benzene rings is 1. The summed E-state index contributed by atoms with van der Waals surface area (Å²) in [6.07, 6.45) is 3.60. The molecule has 22 heavy (non-hydrogen) atoms. The Morgan fingerprint density at radius 2 is 2.18 bits per heavy atom. The van der Waals surface area contributed by atoms with Crippen LogP contribution in [0.25, 0.3) is 0 Å². The first kappa shape index (κ1) is 17.2. The van der Waals surface area contributed by atoms with Crippen molar-refractivity contribution in [3.05, 3.63) is 29.3 Å². The van der Waals surface area contributed by atoms with Crippen molar-refractivity contribution in [2.24, 2.45) is 0 Å². The van der Waals surface area contributed by atoms with Gasteiger partial charge in [0.2, 0.25) is 0 Å². The Balaban J connectivity index is 2.24. The van der Waals surface area contributed by atoms with Crippen LogP contribution in [0.2, 0.25) is 0 Å². The average molecular weight is 368 g/mol. The fourth-order valence-electron chi connectivity index (χ4n) is 2.78. The lowest BCUT2D eigenvalue weighted by molar-refractivity contribution is -0.122. The highest BCUT2D eigenvalue weighted by Gasteiger charge is 2.24. The van der Waals surface area contributed by atoms with E-state index in [2.05, 4.69) is 22.9 Å². The van der Waals surface area contributed by atoms with Gasteiger partial charge in [0.05, 0.1) is 4.83 Å². The molecule has 0 aromatic heterocycles. The molecule has 0 fully saturated rings. The molecule has 1 atom stereocenters. The number of aryl methyl sites for hydroxylation is 1. The summed E-state index contributed by atoms with van der Waals surface area (Å²) in [7, 11) is 1.52. The Morgan fingerprint density at radius 1 is 1.41 bits per heavy atom. The molecule has 1 aliphatic heterocycles. The van der Waals surface area contributed by atoms with E-state index in [1.165, 1.54) is 7.11 Å². The number of nitrogens with zero attached hydrogens (tertiary/aromatic N) is 1. The molecule has 5 heteroatoms. The monoisotopic (exact) mass is 367 g/mol. The van der Waals surface area contributed by atoms with Crippen molar-refractivity contribution in [1.29, 1.82) is 0 Å². The maximum Gasteiger partial charge on any atom is 0.252 e. The Kier molecular flexibility index (Phi) is 6.15. The molecular weight excluding hydrogens is 346 g/mol. The van der Waals surface area contributed by atoms with Crippen molar-refractivity contribution in [3.63, 3.8) is 0 Å². The van der Waals surface area contributed by atoms with Crippen molar-refractivity contribution in [1.82, 2.24) is 0 Å². The van der Waals surface area contributed by atoms with Crippen LogP contribution in [0.1, 0.15) is 42.1 Å². The van der Waals surface area contributed by atoms with Gasteiger partial charge < -0.3 is 9.64 Å². The molecule has 0 bridgehead atoms. The Labute approximate surface area is 140 Å². The lowest BCUT2D eigenvalue weighted by Gasteiger charge is -2.29. The number of anilines is 1. The van der Waals surface area contributed by atoms with Gasteiger partial charge in [-0.3, -0.25) is 9.59 Å². The van der Waals surface area contributed by atoms with Gasteiger partial charge in [0.25, 0.3) is 5.91 Å². The minimum Gasteiger partial charge on any atom is -0.375 e. The molecule has 0 N–H and O–H groups in total. The molecule has 0 aliphatic carbocycles. The Morgan fingerprint density at radius 3 is 2.86 bits per heavy atom. The lowest BCUT2D eigenvalue weighted by atomic mass is 9.96. The highest BCUT2D eigenvalue weighted by Crippen LogP contribution is 2.29. The minimum atomic E-state index is -0.134. The molecule has 0 radical (unpaired) electrons. The largest absolute Gasteiger partial charge is 0.375 e. The van der Waals surface area contributed by atoms with E-state index in [1.54, 1.807) is 4.90 Å². The van der Waals surface area contributed by atoms with E-state index in [-0.39, 0.29) is 23.1 Å². The van der Waals surface area contributed by atoms with Gasteiger partial charge in [0.15, 0.2) is 5.78 Å². The van der Waals surface area contributed by atoms with Crippen molar-refractivity contribution in [3.8, 4) is 0 Å². The van der Waals surface area contributed by atoms with E-state index in [1.807, 2.05) is 18.2 Å². The lowest BCUT2D eigenvalue weighted by Crippen LogP contribution is -2.37. The minimum absolute atomic E-state index is 0.0353. The second kappa shape index (κ2) is 7.88. The average Bonchev–Trinajstić information content (AvgIpc) is 2.53. The zero-order chi connectivity index (χ0) is 16.1. The molecule has 120 valence electrons. The van der Waals surface area contributed by atoms with Crippen LogP contribution in [0.15, 0.2) is 18.2 Å².